The molecule has 0 aliphatic heterocycles. The van der Waals surface area contributed by atoms with E-state index in [4.69, 9.17) is 21.9 Å². The van der Waals surface area contributed by atoms with E-state index in [0.717, 1.165) is 10.0 Å². The van der Waals surface area contributed by atoms with E-state index in [2.05, 4.69) is 26.1 Å². The molecule has 1 aromatic carbocycles. The van der Waals surface area contributed by atoms with Crippen molar-refractivity contribution in [1.29, 1.82) is 0 Å². The molecule has 16 heavy (non-hydrogen) atoms. The average molecular weight is 303 g/mol. The summed E-state index contributed by atoms with van der Waals surface area (Å²) in [6, 6.07) is 5.15. The third-order valence-electron chi connectivity index (χ3n) is 2.01. The van der Waals surface area contributed by atoms with Gasteiger partial charge in [-0.25, -0.2) is 0 Å². The lowest BCUT2D eigenvalue weighted by Crippen LogP contribution is -2.04. The Labute approximate surface area is 106 Å². The summed E-state index contributed by atoms with van der Waals surface area (Å²) in [6.07, 6.45) is 0. The van der Waals surface area contributed by atoms with E-state index in [9.17, 15) is 0 Å². The Bertz CT molecular complexity index is 513. The van der Waals surface area contributed by atoms with Gasteiger partial charge in [-0.15, -0.1) is 0 Å². The molecule has 6 heteroatoms. The molecule has 1 unspecified atom stereocenters. The molecule has 2 N–H and O–H groups in total. The first-order valence-corrected chi connectivity index (χ1v) is 5.79. The molecule has 0 aliphatic carbocycles. The van der Waals surface area contributed by atoms with Crippen LogP contribution >= 0.6 is 27.5 Å². The second kappa shape index (κ2) is 4.53. The van der Waals surface area contributed by atoms with Gasteiger partial charge in [0.2, 0.25) is 11.7 Å². The van der Waals surface area contributed by atoms with Crippen LogP contribution in [0, 0.1) is 0 Å². The predicted octanol–water partition coefficient (Wildman–Crippen LogP) is 3.17. The smallest absolute Gasteiger partial charge is 0.243 e. The monoisotopic (exact) mass is 301 g/mol. The maximum atomic E-state index is 5.89. The standard InChI is InChI=1S/C10H9BrClN3O/c1-5(13)10-14-9(15-16-10)6-2-3-8(12)7(11)4-6/h2-5H,13H2,1H3. The Morgan fingerprint density at radius 2 is 2.25 bits per heavy atom. The van der Waals surface area contributed by atoms with Gasteiger partial charge in [0, 0.05) is 10.0 Å². The van der Waals surface area contributed by atoms with Crippen molar-refractivity contribution in [3.63, 3.8) is 0 Å². The molecule has 0 bridgehead atoms. The Balaban J connectivity index is 2.39. The SMILES string of the molecule is CC(N)c1nc(-c2ccc(Cl)c(Br)c2)no1. The van der Waals surface area contributed by atoms with Crippen LogP contribution in [0.2, 0.25) is 5.02 Å². The zero-order chi connectivity index (χ0) is 11.7. The number of halogens is 2. The highest BCUT2D eigenvalue weighted by atomic mass is 79.9. The quantitative estimate of drug-likeness (QED) is 0.925. The molecule has 0 aliphatic rings. The third-order valence-corrected chi connectivity index (χ3v) is 3.22. The maximum Gasteiger partial charge on any atom is 0.243 e. The van der Waals surface area contributed by atoms with E-state index in [1.54, 1.807) is 13.0 Å². The van der Waals surface area contributed by atoms with Gasteiger partial charge in [-0.05, 0) is 41.1 Å². The summed E-state index contributed by atoms with van der Waals surface area (Å²) in [5.74, 6) is 0.922. The van der Waals surface area contributed by atoms with E-state index in [-0.39, 0.29) is 6.04 Å². The highest BCUT2D eigenvalue weighted by Crippen LogP contribution is 2.27. The predicted molar refractivity (Wildman–Crippen MR) is 65.0 cm³/mol. The van der Waals surface area contributed by atoms with Crippen LogP contribution in [0.1, 0.15) is 18.9 Å². The second-order valence-corrected chi connectivity index (χ2v) is 4.64. The van der Waals surface area contributed by atoms with E-state index >= 15 is 0 Å². The average Bonchev–Trinajstić information content (AvgIpc) is 2.71. The largest absolute Gasteiger partial charge is 0.337 e. The first kappa shape index (κ1) is 11.6. The van der Waals surface area contributed by atoms with Crippen molar-refractivity contribution in [1.82, 2.24) is 10.1 Å². The van der Waals surface area contributed by atoms with Gasteiger partial charge in [-0.1, -0.05) is 16.8 Å². The van der Waals surface area contributed by atoms with E-state index < -0.39 is 0 Å². The summed E-state index contributed by atoms with van der Waals surface area (Å²) >= 11 is 9.23. The maximum absolute atomic E-state index is 5.89. The van der Waals surface area contributed by atoms with Crippen LogP contribution in [0.5, 0.6) is 0 Å². The van der Waals surface area contributed by atoms with Crippen LogP contribution in [0.25, 0.3) is 11.4 Å². The highest BCUT2D eigenvalue weighted by molar-refractivity contribution is 9.10. The molecule has 2 rings (SSSR count). The molecule has 2 aromatic rings. The molecule has 0 spiro atoms. The Morgan fingerprint density at radius 1 is 1.50 bits per heavy atom. The van der Waals surface area contributed by atoms with Crippen molar-refractivity contribution in [2.75, 3.05) is 0 Å². The highest BCUT2D eigenvalue weighted by Gasteiger charge is 2.12. The number of nitrogens with two attached hydrogens (primary N) is 1. The summed E-state index contributed by atoms with van der Waals surface area (Å²) in [6.45, 7) is 1.79. The molecule has 0 amide bonds. The number of hydrogen-bond donors (Lipinski definition) is 1. The first-order chi connectivity index (χ1) is 7.58. The van der Waals surface area contributed by atoms with Crippen LogP contribution in [0.15, 0.2) is 27.2 Å². The Morgan fingerprint density at radius 3 is 2.81 bits per heavy atom. The molecule has 4 nitrogen and oxygen atoms in total. The Hall–Kier alpha value is -0.910. The second-order valence-electron chi connectivity index (χ2n) is 3.37. The van der Waals surface area contributed by atoms with Crippen molar-refractivity contribution in [3.8, 4) is 11.4 Å². The normalized spacial score (nSPS) is 12.8. The molecule has 1 aromatic heterocycles. The summed E-state index contributed by atoms with van der Waals surface area (Å²) < 4.78 is 5.81. The minimum Gasteiger partial charge on any atom is -0.337 e. The fraction of sp³-hybridized carbons (Fsp3) is 0.200. The number of hydrogen-bond acceptors (Lipinski definition) is 4. The molecular weight excluding hydrogens is 293 g/mol. The summed E-state index contributed by atoms with van der Waals surface area (Å²) in [5, 5.41) is 4.49. The lowest BCUT2D eigenvalue weighted by Gasteiger charge is -1.98. The van der Waals surface area contributed by atoms with Gasteiger partial charge in [0.1, 0.15) is 0 Å². The molecule has 0 saturated heterocycles. The van der Waals surface area contributed by atoms with Gasteiger partial charge < -0.3 is 10.3 Å². The zero-order valence-electron chi connectivity index (χ0n) is 8.45. The van der Waals surface area contributed by atoms with Gasteiger partial charge in [-0.3, -0.25) is 0 Å². The molecule has 0 radical (unpaired) electrons. The Kier molecular flexibility index (Phi) is 3.28. The molecule has 1 heterocycles. The number of benzene rings is 1. The zero-order valence-corrected chi connectivity index (χ0v) is 10.8. The van der Waals surface area contributed by atoms with Crippen molar-refractivity contribution in [2.45, 2.75) is 13.0 Å². The third kappa shape index (κ3) is 2.26. The lowest BCUT2D eigenvalue weighted by molar-refractivity contribution is 0.362. The van der Waals surface area contributed by atoms with Crippen LogP contribution in [-0.2, 0) is 0 Å². The molecule has 84 valence electrons. The molecule has 1 atom stereocenters. The van der Waals surface area contributed by atoms with Gasteiger partial charge >= 0.3 is 0 Å². The summed E-state index contributed by atoms with van der Waals surface area (Å²) in [5.41, 5.74) is 6.46. The fourth-order valence-corrected chi connectivity index (χ4v) is 1.67. The number of nitrogens with zero attached hydrogens (tertiary/aromatic N) is 2. The minimum atomic E-state index is -0.267. The first-order valence-electron chi connectivity index (χ1n) is 4.62. The van der Waals surface area contributed by atoms with Gasteiger partial charge in [-0.2, -0.15) is 4.98 Å². The topological polar surface area (TPSA) is 64.9 Å². The molecular formula is C10H9BrClN3O. The van der Waals surface area contributed by atoms with Gasteiger partial charge in [0.05, 0.1) is 11.1 Å². The van der Waals surface area contributed by atoms with E-state index in [0.29, 0.717) is 16.7 Å². The van der Waals surface area contributed by atoms with Gasteiger partial charge in [0.15, 0.2) is 0 Å². The fourth-order valence-electron chi connectivity index (χ4n) is 1.17. The van der Waals surface area contributed by atoms with Crippen molar-refractivity contribution in [3.05, 3.63) is 33.6 Å². The van der Waals surface area contributed by atoms with Crippen LogP contribution in [-0.4, -0.2) is 10.1 Å². The van der Waals surface area contributed by atoms with Crippen LogP contribution in [0.4, 0.5) is 0 Å². The summed E-state index contributed by atoms with van der Waals surface area (Å²) in [7, 11) is 0. The van der Waals surface area contributed by atoms with E-state index in [1.807, 2.05) is 12.1 Å². The molecule has 0 fully saturated rings. The van der Waals surface area contributed by atoms with Crippen LogP contribution < -0.4 is 5.73 Å². The van der Waals surface area contributed by atoms with Crippen molar-refractivity contribution < 1.29 is 4.52 Å². The van der Waals surface area contributed by atoms with Gasteiger partial charge in [0.25, 0.3) is 0 Å². The summed E-state index contributed by atoms with van der Waals surface area (Å²) in [4.78, 5) is 4.18. The number of rotatable bonds is 2. The van der Waals surface area contributed by atoms with Crippen molar-refractivity contribution in [2.24, 2.45) is 5.73 Å². The minimum absolute atomic E-state index is 0.267. The number of aromatic nitrogens is 2. The lowest BCUT2D eigenvalue weighted by atomic mass is 10.2. The van der Waals surface area contributed by atoms with E-state index in [1.165, 1.54) is 0 Å². The van der Waals surface area contributed by atoms with Crippen LogP contribution in [0.3, 0.4) is 0 Å². The molecule has 0 saturated carbocycles. The van der Waals surface area contributed by atoms with Crippen molar-refractivity contribution >= 4 is 27.5 Å².